The molecule has 3 rings (SSSR count). The number of anilines is 3. The average molecular weight is 343 g/mol. The third kappa shape index (κ3) is 4.05. The molecule has 5 nitrogen and oxygen atoms in total. The number of aromatic nitrogens is 2. The Kier molecular flexibility index (Phi) is 4.67. The van der Waals surface area contributed by atoms with Crippen molar-refractivity contribution >= 4 is 34.7 Å². The first-order valence-electron chi connectivity index (χ1n) is 7.02. The normalized spacial score (nSPS) is 10.2. The Morgan fingerprint density at radius 3 is 2.54 bits per heavy atom. The van der Waals surface area contributed by atoms with Gasteiger partial charge < -0.3 is 10.6 Å². The van der Waals surface area contributed by atoms with E-state index in [0.717, 1.165) is 5.69 Å². The molecule has 0 aliphatic rings. The third-order valence-electron chi connectivity index (χ3n) is 3.10. The topological polar surface area (TPSA) is 66.9 Å². The number of halogens is 2. The van der Waals surface area contributed by atoms with Crippen LogP contribution >= 0.6 is 11.6 Å². The second-order valence-electron chi connectivity index (χ2n) is 4.88. The van der Waals surface area contributed by atoms with E-state index in [0.29, 0.717) is 16.5 Å². The van der Waals surface area contributed by atoms with Gasteiger partial charge in [0.15, 0.2) is 0 Å². The molecule has 0 aliphatic carbocycles. The van der Waals surface area contributed by atoms with Crippen LogP contribution in [0.3, 0.4) is 0 Å². The number of hydrogen-bond acceptors (Lipinski definition) is 4. The molecule has 2 N–H and O–H groups in total. The Morgan fingerprint density at radius 1 is 1.00 bits per heavy atom. The third-order valence-corrected chi connectivity index (χ3v) is 3.35. The van der Waals surface area contributed by atoms with Gasteiger partial charge in [-0.2, -0.15) is 0 Å². The van der Waals surface area contributed by atoms with Crippen LogP contribution < -0.4 is 10.6 Å². The Hall–Kier alpha value is -2.99. The fourth-order valence-electron chi connectivity index (χ4n) is 1.99. The molecule has 1 heterocycles. The lowest BCUT2D eigenvalue weighted by atomic mass is 10.3. The van der Waals surface area contributed by atoms with Gasteiger partial charge in [0.2, 0.25) is 0 Å². The van der Waals surface area contributed by atoms with Gasteiger partial charge in [0.1, 0.15) is 23.7 Å². The molecule has 0 bridgehead atoms. The van der Waals surface area contributed by atoms with Gasteiger partial charge in [0, 0.05) is 22.5 Å². The largest absolute Gasteiger partial charge is 0.340 e. The van der Waals surface area contributed by atoms with Crippen LogP contribution in [0, 0.1) is 5.82 Å². The molecule has 0 radical (unpaired) electrons. The van der Waals surface area contributed by atoms with E-state index in [9.17, 15) is 9.18 Å². The standard InChI is InChI=1S/C17H12ClFN4O/c18-11-4-6-13(7-5-11)22-16-9-15(20-10-21-16)17(24)23-14-3-1-2-12(19)8-14/h1-10H,(H,23,24)(H,20,21,22). The number of rotatable bonds is 4. The fourth-order valence-corrected chi connectivity index (χ4v) is 2.12. The molecule has 1 amide bonds. The number of carbonyl (C=O) groups excluding carboxylic acids is 1. The molecule has 0 atom stereocenters. The van der Waals surface area contributed by atoms with Crippen molar-refractivity contribution in [3.63, 3.8) is 0 Å². The van der Waals surface area contributed by atoms with Crippen LogP contribution in [0.4, 0.5) is 21.6 Å². The number of nitrogens with one attached hydrogen (secondary N) is 2. The highest BCUT2D eigenvalue weighted by Crippen LogP contribution is 2.18. The van der Waals surface area contributed by atoms with Crippen LogP contribution in [0.2, 0.25) is 5.02 Å². The van der Waals surface area contributed by atoms with Gasteiger partial charge in [-0.3, -0.25) is 4.79 Å². The number of nitrogens with zero attached hydrogens (tertiary/aromatic N) is 2. The van der Waals surface area contributed by atoms with Crippen LogP contribution in [0.25, 0.3) is 0 Å². The smallest absolute Gasteiger partial charge is 0.274 e. The zero-order valence-corrected chi connectivity index (χ0v) is 13.1. The molecule has 1 aromatic heterocycles. The van der Waals surface area contributed by atoms with Crippen molar-refractivity contribution in [1.82, 2.24) is 9.97 Å². The maximum absolute atomic E-state index is 13.2. The maximum Gasteiger partial charge on any atom is 0.274 e. The van der Waals surface area contributed by atoms with Crippen LogP contribution in [0.15, 0.2) is 60.9 Å². The monoisotopic (exact) mass is 342 g/mol. The molecule has 7 heteroatoms. The van der Waals surface area contributed by atoms with E-state index in [1.165, 1.54) is 30.6 Å². The van der Waals surface area contributed by atoms with Crippen molar-refractivity contribution < 1.29 is 9.18 Å². The molecule has 0 spiro atoms. The van der Waals surface area contributed by atoms with Gasteiger partial charge in [-0.05, 0) is 42.5 Å². The highest BCUT2D eigenvalue weighted by Gasteiger charge is 2.10. The van der Waals surface area contributed by atoms with Gasteiger partial charge in [0.05, 0.1) is 0 Å². The van der Waals surface area contributed by atoms with Crippen molar-refractivity contribution in [1.29, 1.82) is 0 Å². The van der Waals surface area contributed by atoms with Crippen molar-refractivity contribution in [3.8, 4) is 0 Å². The van der Waals surface area contributed by atoms with E-state index < -0.39 is 11.7 Å². The summed E-state index contributed by atoms with van der Waals surface area (Å²) in [5.41, 5.74) is 1.28. The summed E-state index contributed by atoms with van der Waals surface area (Å²) in [6.07, 6.45) is 1.28. The van der Waals surface area contributed by atoms with Crippen LogP contribution in [-0.4, -0.2) is 15.9 Å². The van der Waals surface area contributed by atoms with Gasteiger partial charge in [-0.1, -0.05) is 17.7 Å². The minimum Gasteiger partial charge on any atom is -0.340 e. The first-order valence-corrected chi connectivity index (χ1v) is 7.39. The molecular weight excluding hydrogens is 331 g/mol. The fraction of sp³-hybridized carbons (Fsp3) is 0. The minimum absolute atomic E-state index is 0.158. The summed E-state index contributed by atoms with van der Waals surface area (Å²) in [4.78, 5) is 20.2. The lowest BCUT2D eigenvalue weighted by molar-refractivity contribution is 0.102. The summed E-state index contributed by atoms with van der Waals surface area (Å²) in [6.45, 7) is 0. The SMILES string of the molecule is O=C(Nc1cccc(F)c1)c1cc(Nc2ccc(Cl)cc2)ncn1. The first kappa shape index (κ1) is 15.9. The lowest BCUT2D eigenvalue weighted by Gasteiger charge is -2.08. The zero-order chi connectivity index (χ0) is 16.9. The number of benzene rings is 2. The minimum atomic E-state index is -0.456. The molecule has 3 aromatic rings. The average Bonchev–Trinajstić information content (AvgIpc) is 2.57. The highest BCUT2D eigenvalue weighted by atomic mass is 35.5. The van der Waals surface area contributed by atoms with Crippen molar-refractivity contribution in [3.05, 3.63) is 77.5 Å². The Bertz CT molecular complexity index is 870. The van der Waals surface area contributed by atoms with E-state index in [-0.39, 0.29) is 5.69 Å². The Morgan fingerprint density at radius 2 is 1.79 bits per heavy atom. The van der Waals surface area contributed by atoms with E-state index in [4.69, 9.17) is 11.6 Å². The Balaban J connectivity index is 1.74. The predicted octanol–water partition coefficient (Wildman–Crippen LogP) is 4.27. The van der Waals surface area contributed by atoms with Gasteiger partial charge >= 0.3 is 0 Å². The molecule has 0 saturated carbocycles. The van der Waals surface area contributed by atoms with Crippen LogP contribution in [-0.2, 0) is 0 Å². The molecule has 24 heavy (non-hydrogen) atoms. The Labute approximate surface area is 142 Å². The number of carbonyl (C=O) groups is 1. The van der Waals surface area contributed by atoms with Gasteiger partial charge in [0.25, 0.3) is 5.91 Å². The zero-order valence-electron chi connectivity index (χ0n) is 12.3. The summed E-state index contributed by atoms with van der Waals surface area (Å²) in [5, 5.41) is 6.26. The summed E-state index contributed by atoms with van der Waals surface area (Å²) in [5.74, 6) is -0.431. The van der Waals surface area contributed by atoms with Crippen molar-refractivity contribution in [2.45, 2.75) is 0 Å². The van der Waals surface area contributed by atoms with E-state index >= 15 is 0 Å². The molecule has 120 valence electrons. The molecular formula is C17H12ClFN4O. The second-order valence-corrected chi connectivity index (χ2v) is 5.32. The molecule has 0 fully saturated rings. The first-order chi connectivity index (χ1) is 11.6. The molecule has 0 unspecified atom stereocenters. The van der Waals surface area contributed by atoms with E-state index in [2.05, 4.69) is 20.6 Å². The summed E-state index contributed by atoms with van der Waals surface area (Å²) < 4.78 is 13.2. The van der Waals surface area contributed by atoms with Gasteiger partial charge in [-0.25, -0.2) is 14.4 Å². The summed E-state index contributed by atoms with van der Waals surface area (Å²) >= 11 is 5.84. The quantitative estimate of drug-likeness (QED) is 0.743. The number of hydrogen-bond donors (Lipinski definition) is 2. The summed E-state index contributed by atoms with van der Waals surface area (Å²) in [6, 6.07) is 14.2. The highest BCUT2D eigenvalue weighted by molar-refractivity contribution is 6.30. The van der Waals surface area contributed by atoms with Crippen molar-refractivity contribution in [2.24, 2.45) is 0 Å². The van der Waals surface area contributed by atoms with Crippen molar-refractivity contribution in [2.75, 3.05) is 10.6 Å². The molecule has 2 aromatic carbocycles. The maximum atomic E-state index is 13.2. The second kappa shape index (κ2) is 7.06. The van der Waals surface area contributed by atoms with Crippen LogP contribution in [0.1, 0.15) is 10.5 Å². The lowest BCUT2D eigenvalue weighted by Crippen LogP contribution is -2.14. The molecule has 0 saturated heterocycles. The van der Waals surface area contributed by atoms with E-state index in [1.807, 2.05) is 0 Å². The van der Waals surface area contributed by atoms with Gasteiger partial charge in [-0.15, -0.1) is 0 Å². The van der Waals surface area contributed by atoms with E-state index in [1.54, 1.807) is 30.3 Å². The number of amides is 1. The predicted molar refractivity (Wildman–Crippen MR) is 91.1 cm³/mol. The molecule has 0 aliphatic heterocycles. The van der Waals surface area contributed by atoms with Crippen LogP contribution in [0.5, 0.6) is 0 Å². The summed E-state index contributed by atoms with van der Waals surface area (Å²) in [7, 11) is 0.